The number of carbonyl (C=O) groups excluding carboxylic acids is 1. The van der Waals surface area contributed by atoms with E-state index in [0.29, 0.717) is 16.2 Å². The number of benzene rings is 1. The van der Waals surface area contributed by atoms with Crippen molar-refractivity contribution in [3.8, 4) is 0 Å². The van der Waals surface area contributed by atoms with Crippen LogP contribution in [0.15, 0.2) is 40.8 Å². The topological polar surface area (TPSA) is 71.5 Å². The van der Waals surface area contributed by atoms with Gasteiger partial charge in [0.25, 0.3) is 0 Å². The second-order valence-electron chi connectivity index (χ2n) is 3.69. The molecule has 1 aromatic carbocycles. The Morgan fingerprint density at radius 3 is 2.95 bits per heavy atom. The summed E-state index contributed by atoms with van der Waals surface area (Å²) in [7, 11) is 0. The molecule has 3 aromatic rings. The van der Waals surface area contributed by atoms with Crippen LogP contribution in [-0.4, -0.2) is 26.2 Å². The Kier molecular flexibility index (Phi) is 3.18. The number of rotatable bonds is 3. The Morgan fingerprint density at radius 1 is 1.26 bits per heavy atom. The number of hydrogen-bond donors (Lipinski definition) is 1. The number of H-pyrrole nitrogens is 1. The monoisotopic (exact) mass is 290 g/mol. The molecule has 7 heteroatoms. The minimum atomic E-state index is 0.515. The Bertz CT molecular complexity index is 758. The average molecular weight is 291 g/mol. The maximum atomic E-state index is 10.7. The van der Waals surface area contributed by atoms with E-state index in [1.807, 2.05) is 0 Å². The van der Waals surface area contributed by atoms with Crippen molar-refractivity contribution in [2.75, 3.05) is 0 Å². The number of aromatic nitrogens is 4. The Balaban J connectivity index is 2.01. The summed E-state index contributed by atoms with van der Waals surface area (Å²) >= 11 is 7.53. The largest absolute Gasteiger partial charge is 0.341 e. The van der Waals surface area contributed by atoms with Gasteiger partial charge in [0.05, 0.1) is 11.3 Å². The number of hydrogen-bond acceptors (Lipinski definition) is 5. The molecule has 0 bridgehead atoms. The lowest BCUT2D eigenvalue weighted by atomic mass is 10.2. The highest BCUT2D eigenvalue weighted by Gasteiger charge is 2.10. The van der Waals surface area contributed by atoms with Gasteiger partial charge >= 0.3 is 0 Å². The minimum Gasteiger partial charge on any atom is -0.341 e. The third-order valence-electron chi connectivity index (χ3n) is 2.49. The maximum Gasteiger partial charge on any atom is 0.181 e. The van der Waals surface area contributed by atoms with Crippen molar-refractivity contribution in [3.05, 3.63) is 41.4 Å². The first-order valence-corrected chi connectivity index (χ1v) is 6.54. The van der Waals surface area contributed by atoms with Gasteiger partial charge in [-0.1, -0.05) is 29.4 Å². The van der Waals surface area contributed by atoms with E-state index in [1.165, 1.54) is 18.1 Å². The maximum absolute atomic E-state index is 10.7. The lowest BCUT2D eigenvalue weighted by molar-refractivity contribution is 0.112. The minimum absolute atomic E-state index is 0.515. The number of imidazole rings is 1. The van der Waals surface area contributed by atoms with Crippen molar-refractivity contribution < 1.29 is 4.79 Å². The van der Waals surface area contributed by atoms with Crippen LogP contribution in [0.2, 0.25) is 5.02 Å². The van der Waals surface area contributed by atoms with Crippen LogP contribution in [0, 0.1) is 0 Å². The van der Waals surface area contributed by atoms with Gasteiger partial charge in [0.15, 0.2) is 5.65 Å². The third kappa shape index (κ3) is 2.32. The molecule has 0 unspecified atom stereocenters. The van der Waals surface area contributed by atoms with Gasteiger partial charge in [0.1, 0.15) is 23.2 Å². The van der Waals surface area contributed by atoms with Crippen molar-refractivity contribution >= 4 is 40.8 Å². The highest BCUT2D eigenvalue weighted by Crippen LogP contribution is 2.34. The van der Waals surface area contributed by atoms with Crippen molar-refractivity contribution in [1.29, 1.82) is 0 Å². The molecular weight excluding hydrogens is 284 g/mol. The number of nitrogens with zero attached hydrogens (tertiary/aromatic N) is 3. The number of fused-ring (bicyclic) bond motifs is 1. The Hall–Kier alpha value is -1.92. The van der Waals surface area contributed by atoms with Crippen LogP contribution in [0.4, 0.5) is 0 Å². The smallest absolute Gasteiger partial charge is 0.181 e. The second-order valence-corrected chi connectivity index (χ2v) is 5.13. The molecule has 94 valence electrons. The van der Waals surface area contributed by atoms with E-state index in [0.717, 1.165) is 21.7 Å². The van der Waals surface area contributed by atoms with Crippen molar-refractivity contribution in [1.82, 2.24) is 19.9 Å². The molecular formula is C12H7ClN4OS. The zero-order chi connectivity index (χ0) is 13.2. The normalized spacial score (nSPS) is 10.8. The first-order chi connectivity index (χ1) is 9.28. The lowest BCUT2D eigenvalue weighted by Crippen LogP contribution is -1.87. The van der Waals surface area contributed by atoms with E-state index in [1.54, 1.807) is 24.5 Å². The summed E-state index contributed by atoms with van der Waals surface area (Å²) in [4.78, 5) is 26.8. The molecule has 0 saturated heterocycles. The van der Waals surface area contributed by atoms with Gasteiger partial charge in [-0.25, -0.2) is 15.0 Å². The number of aromatic amines is 1. The van der Waals surface area contributed by atoms with Gasteiger partial charge < -0.3 is 4.98 Å². The molecule has 1 N–H and O–H groups in total. The molecule has 0 amide bonds. The van der Waals surface area contributed by atoms with Crippen molar-refractivity contribution in [2.45, 2.75) is 9.92 Å². The zero-order valence-corrected chi connectivity index (χ0v) is 11.1. The van der Waals surface area contributed by atoms with Gasteiger partial charge in [-0.3, -0.25) is 4.79 Å². The SMILES string of the molecule is O=Cc1ccc(Sc2ncnc3nc[nH]c23)c(Cl)c1. The predicted molar refractivity (Wildman–Crippen MR) is 72.6 cm³/mol. The third-order valence-corrected chi connectivity index (χ3v) is 3.99. The van der Waals surface area contributed by atoms with Crippen LogP contribution in [0.3, 0.4) is 0 Å². The molecule has 0 atom stereocenters. The fourth-order valence-electron chi connectivity index (χ4n) is 1.60. The van der Waals surface area contributed by atoms with Crippen molar-refractivity contribution in [3.63, 3.8) is 0 Å². The summed E-state index contributed by atoms with van der Waals surface area (Å²) in [6.45, 7) is 0. The van der Waals surface area contributed by atoms with E-state index in [9.17, 15) is 4.79 Å². The second kappa shape index (κ2) is 4.99. The standard InChI is InChI=1S/C12H7ClN4OS/c13-8-3-7(4-18)1-2-9(8)19-12-10-11(15-5-14-10)16-6-17-12/h1-6H,(H,14,15,16,17). The van der Waals surface area contributed by atoms with Crippen molar-refractivity contribution in [2.24, 2.45) is 0 Å². The van der Waals surface area contributed by atoms with E-state index >= 15 is 0 Å². The number of halogens is 1. The Morgan fingerprint density at radius 2 is 2.16 bits per heavy atom. The molecule has 0 aliphatic heterocycles. The van der Waals surface area contributed by atoms with Crippen LogP contribution in [0.5, 0.6) is 0 Å². The number of carbonyl (C=O) groups is 1. The molecule has 5 nitrogen and oxygen atoms in total. The lowest BCUT2D eigenvalue weighted by Gasteiger charge is -2.04. The predicted octanol–water partition coefficient (Wildman–Crippen LogP) is 2.97. The fourth-order valence-corrected chi connectivity index (χ4v) is 2.76. The highest BCUT2D eigenvalue weighted by molar-refractivity contribution is 7.99. The van der Waals surface area contributed by atoms with E-state index < -0.39 is 0 Å². The summed E-state index contributed by atoms with van der Waals surface area (Å²) in [6.07, 6.45) is 3.79. The van der Waals surface area contributed by atoms with E-state index in [2.05, 4.69) is 19.9 Å². The Labute approximate surface area is 117 Å². The summed E-state index contributed by atoms with van der Waals surface area (Å²) in [6, 6.07) is 5.13. The molecule has 0 aliphatic rings. The first kappa shape index (κ1) is 12.1. The molecule has 0 fully saturated rings. The molecule has 19 heavy (non-hydrogen) atoms. The number of aldehydes is 1. The van der Waals surface area contributed by atoms with Crippen LogP contribution in [-0.2, 0) is 0 Å². The first-order valence-electron chi connectivity index (χ1n) is 5.34. The highest BCUT2D eigenvalue weighted by atomic mass is 35.5. The fraction of sp³-hybridized carbons (Fsp3) is 0. The van der Waals surface area contributed by atoms with Gasteiger partial charge in [0, 0.05) is 10.5 Å². The van der Waals surface area contributed by atoms with Crippen LogP contribution >= 0.6 is 23.4 Å². The van der Waals surface area contributed by atoms with Crippen LogP contribution < -0.4 is 0 Å². The zero-order valence-electron chi connectivity index (χ0n) is 9.50. The van der Waals surface area contributed by atoms with Crippen LogP contribution in [0.25, 0.3) is 11.2 Å². The quantitative estimate of drug-likeness (QED) is 0.593. The molecule has 3 rings (SSSR count). The number of nitrogens with one attached hydrogen (secondary N) is 1. The van der Waals surface area contributed by atoms with E-state index in [4.69, 9.17) is 11.6 Å². The molecule has 0 spiro atoms. The summed E-state index contributed by atoms with van der Waals surface area (Å²) in [5.74, 6) is 0. The molecule has 0 aliphatic carbocycles. The molecule has 2 aromatic heterocycles. The van der Waals surface area contributed by atoms with Gasteiger partial charge in [-0.2, -0.15) is 0 Å². The van der Waals surface area contributed by atoms with Crippen LogP contribution in [0.1, 0.15) is 10.4 Å². The van der Waals surface area contributed by atoms with Gasteiger partial charge in [-0.15, -0.1) is 0 Å². The van der Waals surface area contributed by atoms with Gasteiger partial charge in [-0.05, 0) is 12.1 Å². The molecule has 0 saturated carbocycles. The summed E-state index contributed by atoms with van der Waals surface area (Å²) in [5.41, 5.74) is 1.92. The molecule has 0 radical (unpaired) electrons. The summed E-state index contributed by atoms with van der Waals surface area (Å²) < 4.78 is 0. The summed E-state index contributed by atoms with van der Waals surface area (Å²) in [5, 5.41) is 1.25. The van der Waals surface area contributed by atoms with Gasteiger partial charge in [0.2, 0.25) is 0 Å². The van der Waals surface area contributed by atoms with E-state index in [-0.39, 0.29) is 0 Å². The average Bonchev–Trinajstić information content (AvgIpc) is 2.90. The molecule has 2 heterocycles.